The van der Waals surface area contributed by atoms with Gasteiger partial charge in [-0.3, -0.25) is 9.59 Å². The van der Waals surface area contributed by atoms with Gasteiger partial charge < -0.3 is 26.5 Å². The van der Waals surface area contributed by atoms with Gasteiger partial charge in [0.25, 0.3) is 5.91 Å². The van der Waals surface area contributed by atoms with E-state index in [1.54, 1.807) is 12.1 Å². The fraction of sp³-hybridized carbons (Fsp3) is 0.500. The van der Waals surface area contributed by atoms with Gasteiger partial charge >= 0.3 is 0 Å². The molecule has 1 aromatic rings. The van der Waals surface area contributed by atoms with Crippen LogP contribution in [0.25, 0.3) is 0 Å². The minimum absolute atomic E-state index is 0.115. The van der Waals surface area contributed by atoms with Crippen LogP contribution < -0.4 is 21.7 Å². The van der Waals surface area contributed by atoms with E-state index in [4.69, 9.17) is 5.73 Å². The Balaban J connectivity index is 1.78. The summed E-state index contributed by atoms with van der Waals surface area (Å²) in [5, 5.41) is 8.77. The van der Waals surface area contributed by atoms with Gasteiger partial charge in [-0.15, -0.1) is 0 Å². The third-order valence-corrected chi connectivity index (χ3v) is 4.28. The summed E-state index contributed by atoms with van der Waals surface area (Å²) >= 11 is 0. The SMILES string of the molecule is NCCCCC(C=O)NC(=O)[C@@H]1C[C@@H](NC(=O)c2ccccc2)CN1. The van der Waals surface area contributed by atoms with Crippen molar-refractivity contribution in [3.05, 3.63) is 35.9 Å². The Kier molecular flexibility index (Phi) is 7.56. The van der Waals surface area contributed by atoms with Crippen molar-refractivity contribution >= 4 is 18.1 Å². The van der Waals surface area contributed by atoms with E-state index in [0.29, 0.717) is 31.5 Å². The molecule has 7 heteroatoms. The van der Waals surface area contributed by atoms with E-state index in [1.807, 2.05) is 18.2 Å². The van der Waals surface area contributed by atoms with Gasteiger partial charge in [0.2, 0.25) is 5.91 Å². The second-order valence-corrected chi connectivity index (χ2v) is 6.27. The number of nitrogens with one attached hydrogen (secondary N) is 3. The zero-order valence-electron chi connectivity index (χ0n) is 14.2. The van der Waals surface area contributed by atoms with Crippen molar-refractivity contribution in [1.82, 2.24) is 16.0 Å². The second-order valence-electron chi connectivity index (χ2n) is 6.27. The first kappa shape index (κ1) is 19.1. The van der Waals surface area contributed by atoms with Crippen LogP contribution in [-0.2, 0) is 9.59 Å². The molecule has 1 fully saturated rings. The normalized spacial score (nSPS) is 20.7. The van der Waals surface area contributed by atoms with Crippen molar-refractivity contribution < 1.29 is 14.4 Å². The summed E-state index contributed by atoms with van der Waals surface area (Å²) in [5.74, 6) is -0.359. The number of nitrogens with two attached hydrogens (primary N) is 1. The first-order chi connectivity index (χ1) is 12.1. The van der Waals surface area contributed by atoms with Crippen LogP contribution >= 0.6 is 0 Å². The van der Waals surface area contributed by atoms with Crippen molar-refractivity contribution in [2.45, 2.75) is 43.8 Å². The molecule has 7 nitrogen and oxygen atoms in total. The van der Waals surface area contributed by atoms with Gasteiger partial charge in [0, 0.05) is 18.2 Å². The Morgan fingerprint density at radius 1 is 1.28 bits per heavy atom. The van der Waals surface area contributed by atoms with Crippen LogP contribution in [0.3, 0.4) is 0 Å². The van der Waals surface area contributed by atoms with Crippen LogP contribution in [0.5, 0.6) is 0 Å². The lowest BCUT2D eigenvalue weighted by Crippen LogP contribution is -2.45. The number of aldehydes is 1. The smallest absolute Gasteiger partial charge is 0.251 e. The summed E-state index contributed by atoms with van der Waals surface area (Å²) in [6.45, 7) is 1.10. The molecule has 5 N–H and O–H groups in total. The number of carbonyl (C=O) groups is 3. The molecule has 2 amide bonds. The Hall–Kier alpha value is -2.25. The van der Waals surface area contributed by atoms with Gasteiger partial charge in [0.05, 0.1) is 12.1 Å². The summed E-state index contributed by atoms with van der Waals surface area (Å²) < 4.78 is 0. The summed E-state index contributed by atoms with van der Waals surface area (Å²) in [5.41, 5.74) is 6.03. The van der Waals surface area contributed by atoms with Gasteiger partial charge in [-0.1, -0.05) is 18.2 Å². The van der Waals surface area contributed by atoms with E-state index < -0.39 is 12.1 Å². The monoisotopic (exact) mass is 346 g/mol. The molecule has 0 aromatic heterocycles. The highest BCUT2D eigenvalue weighted by Gasteiger charge is 2.31. The fourth-order valence-electron chi connectivity index (χ4n) is 2.87. The lowest BCUT2D eigenvalue weighted by atomic mass is 10.1. The van der Waals surface area contributed by atoms with Crippen molar-refractivity contribution in [1.29, 1.82) is 0 Å². The maximum atomic E-state index is 12.3. The molecule has 1 saturated heterocycles. The second kappa shape index (κ2) is 9.90. The molecule has 3 atom stereocenters. The Morgan fingerprint density at radius 2 is 2.04 bits per heavy atom. The van der Waals surface area contributed by atoms with Crippen molar-refractivity contribution in [3.63, 3.8) is 0 Å². The Labute approximate surface area is 147 Å². The molecule has 1 heterocycles. The Morgan fingerprint density at radius 3 is 2.72 bits per heavy atom. The van der Waals surface area contributed by atoms with Crippen LogP contribution in [0.1, 0.15) is 36.0 Å². The maximum absolute atomic E-state index is 12.3. The molecule has 0 aliphatic carbocycles. The number of rotatable bonds is 9. The van der Waals surface area contributed by atoms with E-state index in [9.17, 15) is 14.4 Å². The highest BCUT2D eigenvalue weighted by molar-refractivity contribution is 5.94. The molecule has 1 unspecified atom stereocenters. The summed E-state index contributed by atoms with van der Waals surface area (Å²) in [6, 6.07) is 7.96. The van der Waals surface area contributed by atoms with E-state index >= 15 is 0 Å². The van der Waals surface area contributed by atoms with Crippen molar-refractivity contribution in [2.24, 2.45) is 5.73 Å². The van der Waals surface area contributed by atoms with Crippen LogP contribution in [0.2, 0.25) is 0 Å². The van der Waals surface area contributed by atoms with E-state index in [1.165, 1.54) is 0 Å². The van der Waals surface area contributed by atoms with E-state index in [0.717, 1.165) is 19.1 Å². The predicted molar refractivity (Wildman–Crippen MR) is 95.0 cm³/mol. The largest absolute Gasteiger partial charge is 0.348 e. The van der Waals surface area contributed by atoms with Crippen LogP contribution in [-0.4, -0.2) is 49.3 Å². The average molecular weight is 346 g/mol. The zero-order valence-corrected chi connectivity index (χ0v) is 14.2. The van der Waals surface area contributed by atoms with Gasteiger partial charge in [-0.25, -0.2) is 0 Å². The predicted octanol–water partition coefficient (Wildman–Crippen LogP) is -0.0404. The first-order valence-electron chi connectivity index (χ1n) is 8.69. The molecule has 0 saturated carbocycles. The van der Waals surface area contributed by atoms with E-state index in [2.05, 4.69) is 16.0 Å². The average Bonchev–Trinajstić information content (AvgIpc) is 3.10. The van der Waals surface area contributed by atoms with Gasteiger partial charge in [0.15, 0.2) is 0 Å². The number of carbonyl (C=O) groups excluding carboxylic acids is 3. The third-order valence-electron chi connectivity index (χ3n) is 4.28. The van der Waals surface area contributed by atoms with Gasteiger partial charge in [-0.2, -0.15) is 0 Å². The number of amides is 2. The third kappa shape index (κ3) is 5.95. The molecule has 1 aromatic carbocycles. The van der Waals surface area contributed by atoms with Crippen molar-refractivity contribution in [3.8, 4) is 0 Å². The molecule has 0 bridgehead atoms. The zero-order chi connectivity index (χ0) is 18.1. The molecule has 136 valence electrons. The molecule has 0 radical (unpaired) electrons. The minimum Gasteiger partial charge on any atom is -0.348 e. The topological polar surface area (TPSA) is 113 Å². The Bertz CT molecular complexity index is 579. The van der Waals surface area contributed by atoms with Crippen molar-refractivity contribution in [2.75, 3.05) is 13.1 Å². The summed E-state index contributed by atoms with van der Waals surface area (Å²) in [4.78, 5) is 35.5. The molecule has 0 spiro atoms. The lowest BCUT2D eigenvalue weighted by molar-refractivity contribution is -0.125. The minimum atomic E-state index is -0.487. The molecule has 1 aliphatic heterocycles. The number of unbranched alkanes of at least 4 members (excludes halogenated alkanes) is 1. The summed E-state index contributed by atoms with van der Waals surface area (Å²) in [7, 11) is 0. The number of hydrogen-bond donors (Lipinski definition) is 4. The van der Waals surface area contributed by atoms with Crippen LogP contribution in [0, 0.1) is 0 Å². The number of benzene rings is 1. The molecule has 2 rings (SSSR count). The summed E-state index contributed by atoms with van der Waals surface area (Å²) in [6.07, 6.45) is 3.48. The standard InChI is InChI=1S/C18H26N4O3/c19-9-5-4-8-14(12-23)21-18(25)16-10-15(11-20-16)22-17(24)13-6-2-1-3-7-13/h1-3,6-7,12,14-16,20H,4-5,8-11,19H2,(H,21,25)(H,22,24)/t14?,15-,16+/m1/s1. The first-order valence-corrected chi connectivity index (χ1v) is 8.69. The molecule has 25 heavy (non-hydrogen) atoms. The van der Waals surface area contributed by atoms with Crippen LogP contribution in [0.15, 0.2) is 30.3 Å². The number of hydrogen-bond acceptors (Lipinski definition) is 5. The molecular weight excluding hydrogens is 320 g/mol. The highest BCUT2D eigenvalue weighted by Crippen LogP contribution is 2.09. The fourth-order valence-corrected chi connectivity index (χ4v) is 2.87. The maximum Gasteiger partial charge on any atom is 0.251 e. The quantitative estimate of drug-likeness (QED) is 0.370. The van der Waals surface area contributed by atoms with Gasteiger partial charge in [-0.05, 0) is 44.4 Å². The highest BCUT2D eigenvalue weighted by atomic mass is 16.2. The molecule has 1 aliphatic rings. The lowest BCUT2D eigenvalue weighted by Gasteiger charge is -2.16. The van der Waals surface area contributed by atoms with E-state index in [-0.39, 0.29) is 17.9 Å². The van der Waals surface area contributed by atoms with Crippen LogP contribution in [0.4, 0.5) is 0 Å². The van der Waals surface area contributed by atoms with Gasteiger partial charge in [0.1, 0.15) is 6.29 Å². The molecular formula is C18H26N4O3.